The fraction of sp³-hybridized carbons (Fsp3) is 0.500. The van der Waals surface area contributed by atoms with E-state index in [-0.39, 0.29) is 12.5 Å². The normalized spacial score (nSPS) is 20.8. The van der Waals surface area contributed by atoms with E-state index in [0.717, 1.165) is 17.5 Å². The lowest BCUT2D eigenvalue weighted by Crippen LogP contribution is -2.38. The second-order valence-electron chi connectivity index (χ2n) is 4.81. The topological polar surface area (TPSA) is 67.8 Å². The standard InChI is InChI=1S/C14H19NO4/c1-9(16)15-8-14(17)5-4-10-6-12(18-2)13(19-3)7-11(10)14/h6-7,17H,4-5,8H2,1-3H3,(H,15,16). The number of benzene rings is 1. The molecule has 1 aromatic rings. The van der Waals surface area contributed by atoms with Gasteiger partial charge in [-0.15, -0.1) is 0 Å². The molecule has 5 nitrogen and oxygen atoms in total. The van der Waals surface area contributed by atoms with Crippen molar-refractivity contribution in [3.05, 3.63) is 23.3 Å². The van der Waals surface area contributed by atoms with Crippen LogP contribution in [0.2, 0.25) is 0 Å². The molecule has 1 atom stereocenters. The quantitative estimate of drug-likeness (QED) is 0.851. The molecule has 0 aliphatic heterocycles. The van der Waals surface area contributed by atoms with Gasteiger partial charge in [-0.25, -0.2) is 0 Å². The molecule has 1 aliphatic rings. The Labute approximate surface area is 112 Å². The number of rotatable bonds is 4. The summed E-state index contributed by atoms with van der Waals surface area (Å²) in [5.41, 5.74) is 0.810. The van der Waals surface area contributed by atoms with Gasteiger partial charge in [0.15, 0.2) is 11.5 Å². The van der Waals surface area contributed by atoms with Crippen molar-refractivity contribution >= 4 is 5.91 Å². The Morgan fingerprint density at radius 1 is 1.37 bits per heavy atom. The van der Waals surface area contributed by atoms with Crippen LogP contribution < -0.4 is 14.8 Å². The second kappa shape index (κ2) is 5.09. The number of hydrogen-bond acceptors (Lipinski definition) is 4. The van der Waals surface area contributed by atoms with Crippen LogP contribution in [0.1, 0.15) is 24.5 Å². The van der Waals surface area contributed by atoms with Crippen LogP contribution in [0.4, 0.5) is 0 Å². The zero-order valence-electron chi connectivity index (χ0n) is 11.4. The van der Waals surface area contributed by atoms with Crippen LogP contribution >= 0.6 is 0 Å². The molecule has 0 heterocycles. The molecule has 0 aromatic heterocycles. The molecule has 104 valence electrons. The highest BCUT2D eigenvalue weighted by molar-refractivity contribution is 5.73. The van der Waals surface area contributed by atoms with E-state index in [1.807, 2.05) is 6.07 Å². The molecule has 0 fully saturated rings. The van der Waals surface area contributed by atoms with Crippen molar-refractivity contribution in [3.63, 3.8) is 0 Å². The van der Waals surface area contributed by atoms with Gasteiger partial charge in [-0.1, -0.05) is 0 Å². The van der Waals surface area contributed by atoms with Gasteiger partial charge in [-0.2, -0.15) is 0 Å². The third-order valence-electron chi connectivity index (χ3n) is 3.55. The Morgan fingerprint density at radius 2 is 2.00 bits per heavy atom. The van der Waals surface area contributed by atoms with E-state index in [2.05, 4.69) is 5.32 Å². The molecule has 19 heavy (non-hydrogen) atoms. The minimum absolute atomic E-state index is 0.151. The Hall–Kier alpha value is -1.75. The van der Waals surface area contributed by atoms with E-state index < -0.39 is 5.60 Å². The lowest BCUT2D eigenvalue weighted by molar-refractivity contribution is -0.120. The zero-order valence-corrected chi connectivity index (χ0v) is 11.4. The van der Waals surface area contributed by atoms with Crippen LogP contribution in [0.25, 0.3) is 0 Å². The second-order valence-corrected chi connectivity index (χ2v) is 4.81. The van der Waals surface area contributed by atoms with Gasteiger partial charge in [-0.3, -0.25) is 4.79 Å². The van der Waals surface area contributed by atoms with Gasteiger partial charge in [-0.05, 0) is 36.1 Å². The van der Waals surface area contributed by atoms with Gasteiger partial charge < -0.3 is 19.9 Å². The summed E-state index contributed by atoms with van der Waals surface area (Å²) >= 11 is 0. The fourth-order valence-corrected chi connectivity index (χ4v) is 2.49. The molecule has 1 unspecified atom stereocenters. The first-order valence-electron chi connectivity index (χ1n) is 6.22. The summed E-state index contributed by atoms with van der Waals surface area (Å²) in [4.78, 5) is 11.0. The molecule has 0 saturated carbocycles. The molecule has 2 rings (SSSR count). The van der Waals surface area contributed by atoms with E-state index in [0.29, 0.717) is 17.9 Å². The first-order valence-corrected chi connectivity index (χ1v) is 6.22. The summed E-state index contributed by atoms with van der Waals surface area (Å²) in [5.74, 6) is 1.09. The van der Waals surface area contributed by atoms with Gasteiger partial charge in [0, 0.05) is 6.92 Å². The molecule has 2 N–H and O–H groups in total. The molecule has 0 saturated heterocycles. The van der Waals surface area contributed by atoms with E-state index in [1.165, 1.54) is 6.92 Å². The van der Waals surface area contributed by atoms with Crippen molar-refractivity contribution in [1.29, 1.82) is 0 Å². The third kappa shape index (κ3) is 2.51. The van der Waals surface area contributed by atoms with Crippen molar-refractivity contribution in [2.45, 2.75) is 25.4 Å². The molecular weight excluding hydrogens is 246 g/mol. The zero-order chi connectivity index (χ0) is 14.0. The number of nitrogens with one attached hydrogen (secondary N) is 1. The van der Waals surface area contributed by atoms with E-state index >= 15 is 0 Å². The largest absolute Gasteiger partial charge is 0.493 e. The van der Waals surface area contributed by atoms with E-state index in [4.69, 9.17) is 9.47 Å². The number of aliphatic hydroxyl groups is 1. The van der Waals surface area contributed by atoms with Crippen LogP contribution in [-0.2, 0) is 16.8 Å². The van der Waals surface area contributed by atoms with Crippen LogP contribution in [0.3, 0.4) is 0 Å². The lowest BCUT2D eigenvalue weighted by Gasteiger charge is -2.24. The summed E-state index contributed by atoms with van der Waals surface area (Å²) in [7, 11) is 3.15. The van der Waals surface area contributed by atoms with Crippen molar-refractivity contribution in [1.82, 2.24) is 5.32 Å². The van der Waals surface area contributed by atoms with Crippen LogP contribution in [-0.4, -0.2) is 31.8 Å². The van der Waals surface area contributed by atoms with Crippen molar-refractivity contribution in [2.24, 2.45) is 0 Å². The summed E-state index contributed by atoms with van der Waals surface area (Å²) in [5, 5.41) is 13.3. The number of fused-ring (bicyclic) bond motifs is 1. The van der Waals surface area contributed by atoms with Gasteiger partial charge in [0.05, 0.1) is 20.8 Å². The summed E-state index contributed by atoms with van der Waals surface area (Å²) in [6, 6.07) is 3.68. The number of aryl methyl sites for hydroxylation is 1. The fourth-order valence-electron chi connectivity index (χ4n) is 2.49. The molecule has 1 aromatic carbocycles. The number of hydrogen-bond donors (Lipinski definition) is 2. The maximum atomic E-state index is 11.0. The van der Waals surface area contributed by atoms with Crippen LogP contribution in [0, 0.1) is 0 Å². The Morgan fingerprint density at radius 3 is 2.58 bits per heavy atom. The SMILES string of the molecule is COc1cc2c(cc1OC)C(O)(CNC(C)=O)CC2. The summed E-state index contributed by atoms with van der Waals surface area (Å²) in [6.07, 6.45) is 1.34. The lowest BCUT2D eigenvalue weighted by atomic mass is 9.95. The van der Waals surface area contributed by atoms with E-state index in [1.54, 1.807) is 20.3 Å². The monoisotopic (exact) mass is 265 g/mol. The number of methoxy groups -OCH3 is 2. The average Bonchev–Trinajstić information content (AvgIpc) is 2.72. The van der Waals surface area contributed by atoms with Crippen molar-refractivity contribution in [3.8, 4) is 11.5 Å². The predicted molar refractivity (Wildman–Crippen MR) is 70.4 cm³/mol. The molecular formula is C14H19NO4. The molecule has 0 spiro atoms. The van der Waals surface area contributed by atoms with E-state index in [9.17, 15) is 9.90 Å². The molecule has 1 aliphatic carbocycles. The summed E-state index contributed by atoms with van der Waals surface area (Å²) in [6.45, 7) is 1.65. The highest BCUT2D eigenvalue weighted by Crippen LogP contribution is 2.42. The highest BCUT2D eigenvalue weighted by Gasteiger charge is 2.37. The minimum Gasteiger partial charge on any atom is -0.493 e. The van der Waals surface area contributed by atoms with Crippen LogP contribution in [0.15, 0.2) is 12.1 Å². The Bertz CT molecular complexity index is 500. The Balaban J connectivity index is 2.35. The minimum atomic E-state index is -1.03. The average molecular weight is 265 g/mol. The van der Waals surface area contributed by atoms with Gasteiger partial charge in [0.2, 0.25) is 5.91 Å². The molecule has 0 radical (unpaired) electrons. The third-order valence-corrected chi connectivity index (χ3v) is 3.55. The molecule has 0 bridgehead atoms. The maximum absolute atomic E-state index is 11.0. The van der Waals surface area contributed by atoms with Crippen molar-refractivity contribution in [2.75, 3.05) is 20.8 Å². The summed E-state index contributed by atoms with van der Waals surface area (Å²) < 4.78 is 10.5. The van der Waals surface area contributed by atoms with Gasteiger partial charge in [0.25, 0.3) is 0 Å². The first kappa shape index (κ1) is 13.7. The molecule has 1 amide bonds. The molecule has 5 heteroatoms. The number of carbonyl (C=O) groups is 1. The number of carbonyl (C=O) groups excluding carboxylic acids is 1. The van der Waals surface area contributed by atoms with Crippen LogP contribution in [0.5, 0.6) is 11.5 Å². The number of ether oxygens (including phenoxy) is 2. The highest BCUT2D eigenvalue weighted by atomic mass is 16.5. The Kier molecular flexibility index (Phi) is 3.66. The van der Waals surface area contributed by atoms with Gasteiger partial charge in [0.1, 0.15) is 5.60 Å². The first-order chi connectivity index (χ1) is 9.00. The smallest absolute Gasteiger partial charge is 0.216 e. The van der Waals surface area contributed by atoms with Crippen molar-refractivity contribution < 1.29 is 19.4 Å². The maximum Gasteiger partial charge on any atom is 0.216 e. The van der Waals surface area contributed by atoms with Gasteiger partial charge >= 0.3 is 0 Å². The predicted octanol–water partition coefficient (Wildman–Crippen LogP) is 0.974. The number of amides is 1.